The van der Waals surface area contributed by atoms with Gasteiger partial charge in [-0.25, -0.2) is 4.79 Å². The Bertz CT molecular complexity index is 1200. The number of halogens is 2. The van der Waals surface area contributed by atoms with E-state index in [1.54, 1.807) is 12.0 Å². The molecule has 0 aliphatic carbocycles. The number of urea groups is 1. The van der Waals surface area contributed by atoms with E-state index in [4.69, 9.17) is 27.9 Å². The first-order valence-electron chi connectivity index (χ1n) is 11.3. The Morgan fingerprint density at radius 1 is 0.917 bits per heavy atom. The molecule has 3 aromatic carbocycles. The van der Waals surface area contributed by atoms with Crippen molar-refractivity contribution in [3.05, 3.63) is 76.3 Å². The summed E-state index contributed by atoms with van der Waals surface area (Å²) in [6.07, 6.45) is 0.274. The molecule has 0 aromatic heterocycles. The summed E-state index contributed by atoms with van der Waals surface area (Å²) in [6.45, 7) is 2.32. The average molecular weight is 529 g/mol. The second kappa shape index (κ2) is 11.4. The molecule has 3 N–H and O–H groups in total. The largest absolute Gasteiger partial charge is 0.508 e. The zero-order valence-corrected chi connectivity index (χ0v) is 21.1. The third-order valence-corrected chi connectivity index (χ3v) is 6.46. The summed E-state index contributed by atoms with van der Waals surface area (Å²) in [6, 6.07) is 17.4. The lowest BCUT2D eigenvalue weighted by Gasteiger charge is -2.36. The molecule has 1 aliphatic rings. The fraction of sp³-hybridized carbons (Fsp3) is 0.231. The summed E-state index contributed by atoms with van der Waals surface area (Å²) in [5, 5.41) is 15.5. The predicted octanol–water partition coefficient (Wildman–Crippen LogP) is 5.24. The van der Waals surface area contributed by atoms with E-state index >= 15 is 0 Å². The van der Waals surface area contributed by atoms with E-state index in [2.05, 4.69) is 15.5 Å². The highest BCUT2D eigenvalue weighted by atomic mass is 35.5. The van der Waals surface area contributed by atoms with Crippen LogP contribution in [0.1, 0.15) is 5.56 Å². The number of carbonyl (C=O) groups excluding carboxylic acids is 2. The Hall–Kier alpha value is -3.62. The molecule has 4 rings (SSSR count). The maximum Gasteiger partial charge on any atom is 0.322 e. The number of nitrogens with zero attached hydrogens (tertiary/aromatic N) is 2. The van der Waals surface area contributed by atoms with Crippen LogP contribution in [0.15, 0.2) is 60.7 Å². The third-order valence-electron chi connectivity index (χ3n) is 5.87. The van der Waals surface area contributed by atoms with Gasteiger partial charge in [-0.1, -0.05) is 35.3 Å². The van der Waals surface area contributed by atoms with Crippen LogP contribution in [0.25, 0.3) is 0 Å². The van der Waals surface area contributed by atoms with Gasteiger partial charge in [0.15, 0.2) is 0 Å². The van der Waals surface area contributed by atoms with Crippen molar-refractivity contribution in [1.29, 1.82) is 0 Å². The molecule has 188 valence electrons. The van der Waals surface area contributed by atoms with Crippen LogP contribution in [0, 0.1) is 0 Å². The first-order chi connectivity index (χ1) is 17.3. The third kappa shape index (κ3) is 6.33. The molecule has 1 saturated heterocycles. The van der Waals surface area contributed by atoms with Crippen LogP contribution in [0.2, 0.25) is 10.0 Å². The molecule has 3 aromatic rings. The molecular formula is C26H26Cl2N4O4. The number of aromatic hydroxyl groups is 1. The van der Waals surface area contributed by atoms with Gasteiger partial charge in [0.1, 0.15) is 11.5 Å². The molecule has 0 saturated carbocycles. The molecule has 0 spiro atoms. The highest BCUT2D eigenvalue weighted by Crippen LogP contribution is 2.34. The number of anilines is 3. The van der Waals surface area contributed by atoms with Crippen molar-refractivity contribution < 1.29 is 19.4 Å². The molecular weight excluding hydrogens is 503 g/mol. The minimum atomic E-state index is -0.306. The van der Waals surface area contributed by atoms with Gasteiger partial charge in [0, 0.05) is 49.7 Å². The Morgan fingerprint density at radius 3 is 2.11 bits per heavy atom. The fourth-order valence-electron chi connectivity index (χ4n) is 3.92. The number of piperazine rings is 1. The molecule has 0 bridgehead atoms. The molecule has 0 atom stereocenters. The Labute approximate surface area is 219 Å². The number of phenols is 1. The van der Waals surface area contributed by atoms with Crippen LogP contribution in [0.4, 0.5) is 21.9 Å². The SMILES string of the molecule is COc1ccc(CC(=O)Nc2ccc(N3CCN(C(=O)Nc4c(Cl)cc(O)cc4Cl)CC3)cc2)cc1. The maximum atomic E-state index is 12.7. The van der Waals surface area contributed by atoms with Gasteiger partial charge in [-0.3, -0.25) is 4.79 Å². The number of benzene rings is 3. The van der Waals surface area contributed by atoms with Crippen LogP contribution in [-0.4, -0.2) is 55.2 Å². The molecule has 1 fully saturated rings. The van der Waals surface area contributed by atoms with E-state index in [0.717, 1.165) is 22.7 Å². The summed E-state index contributed by atoms with van der Waals surface area (Å²) in [7, 11) is 1.61. The van der Waals surface area contributed by atoms with Crippen molar-refractivity contribution in [1.82, 2.24) is 4.90 Å². The van der Waals surface area contributed by atoms with Gasteiger partial charge in [-0.15, -0.1) is 0 Å². The number of rotatable bonds is 6. The lowest BCUT2D eigenvalue weighted by molar-refractivity contribution is -0.115. The highest BCUT2D eigenvalue weighted by Gasteiger charge is 2.23. The second-order valence-corrected chi connectivity index (χ2v) is 9.12. The number of amides is 3. The standard InChI is InChI=1S/C26H26Cl2N4O4/c1-36-21-8-2-17(3-9-21)14-24(34)29-18-4-6-19(7-5-18)31-10-12-32(13-11-31)26(35)30-25-22(27)15-20(33)16-23(25)28/h2-9,15-16,33H,10-14H2,1H3,(H,29,34)(H,30,35). The monoisotopic (exact) mass is 528 g/mol. The zero-order valence-electron chi connectivity index (χ0n) is 19.6. The molecule has 8 nitrogen and oxygen atoms in total. The fourth-order valence-corrected chi connectivity index (χ4v) is 4.49. The van der Waals surface area contributed by atoms with Crippen molar-refractivity contribution in [2.45, 2.75) is 6.42 Å². The topological polar surface area (TPSA) is 94.1 Å². The summed E-state index contributed by atoms with van der Waals surface area (Å²) in [4.78, 5) is 28.9. The van der Waals surface area contributed by atoms with Crippen molar-refractivity contribution in [2.75, 3.05) is 48.8 Å². The van der Waals surface area contributed by atoms with E-state index < -0.39 is 0 Å². The molecule has 3 amide bonds. The minimum absolute atomic E-state index is 0.0700. The number of ether oxygens (including phenoxy) is 1. The average Bonchev–Trinajstić information content (AvgIpc) is 2.87. The lowest BCUT2D eigenvalue weighted by atomic mass is 10.1. The zero-order chi connectivity index (χ0) is 25.7. The number of hydrogen-bond donors (Lipinski definition) is 3. The predicted molar refractivity (Wildman–Crippen MR) is 143 cm³/mol. The smallest absolute Gasteiger partial charge is 0.322 e. The van der Waals surface area contributed by atoms with Gasteiger partial charge >= 0.3 is 6.03 Å². The summed E-state index contributed by atoms with van der Waals surface area (Å²) in [5.41, 5.74) is 2.90. The van der Waals surface area contributed by atoms with Crippen LogP contribution < -0.4 is 20.3 Å². The first kappa shape index (κ1) is 25.5. The van der Waals surface area contributed by atoms with Gasteiger partial charge in [0.05, 0.1) is 29.3 Å². The number of methoxy groups -OCH3 is 1. The number of phenolic OH excluding ortho intramolecular Hbond substituents is 1. The molecule has 0 radical (unpaired) electrons. The molecule has 1 aliphatic heterocycles. The van der Waals surface area contributed by atoms with E-state index in [-0.39, 0.29) is 39.8 Å². The van der Waals surface area contributed by atoms with Crippen molar-refractivity contribution in [3.8, 4) is 11.5 Å². The molecule has 36 heavy (non-hydrogen) atoms. The summed E-state index contributed by atoms with van der Waals surface area (Å²) in [5.74, 6) is 0.586. The van der Waals surface area contributed by atoms with Crippen molar-refractivity contribution >= 4 is 52.2 Å². The van der Waals surface area contributed by atoms with Gasteiger partial charge in [0.25, 0.3) is 0 Å². The van der Waals surface area contributed by atoms with Gasteiger partial charge in [0.2, 0.25) is 5.91 Å². The van der Waals surface area contributed by atoms with E-state index in [1.165, 1.54) is 12.1 Å². The molecule has 1 heterocycles. The Kier molecular flexibility index (Phi) is 8.07. The van der Waals surface area contributed by atoms with Gasteiger partial charge < -0.3 is 30.3 Å². The maximum absolute atomic E-state index is 12.7. The molecule has 10 heteroatoms. The summed E-state index contributed by atoms with van der Waals surface area (Å²) >= 11 is 12.2. The Morgan fingerprint density at radius 2 is 1.53 bits per heavy atom. The quantitative estimate of drug-likeness (QED) is 0.380. The second-order valence-electron chi connectivity index (χ2n) is 8.31. The van der Waals surface area contributed by atoms with Crippen LogP contribution in [0.5, 0.6) is 11.5 Å². The lowest BCUT2D eigenvalue weighted by Crippen LogP contribution is -2.50. The van der Waals surface area contributed by atoms with Crippen LogP contribution in [0.3, 0.4) is 0 Å². The van der Waals surface area contributed by atoms with Crippen molar-refractivity contribution in [2.24, 2.45) is 0 Å². The van der Waals surface area contributed by atoms with Gasteiger partial charge in [-0.05, 0) is 42.0 Å². The highest BCUT2D eigenvalue weighted by molar-refractivity contribution is 6.40. The number of nitrogens with one attached hydrogen (secondary N) is 2. The summed E-state index contributed by atoms with van der Waals surface area (Å²) < 4.78 is 5.14. The number of carbonyl (C=O) groups is 2. The van der Waals surface area contributed by atoms with Crippen LogP contribution in [-0.2, 0) is 11.2 Å². The Balaban J connectivity index is 1.27. The van der Waals surface area contributed by atoms with Crippen LogP contribution >= 0.6 is 23.2 Å². The van der Waals surface area contributed by atoms with E-state index in [9.17, 15) is 14.7 Å². The molecule has 0 unspecified atom stereocenters. The van der Waals surface area contributed by atoms with Crippen molar-refractivity contribution in [3.63, 3.8) is 0 Å². The number of hydrogen-bond acceptors (Lipinski definition) is 5. The normalized spacial score (nSPS) is 13.3. The van der Waals surface area contributed by atoms with E-state index in [1.807, 2.05) is 48.5 Å². The minimum Gasteiger partial charge on any atom is -0.508 e. The van der Waals surface area contributed by atoms with Gasteiger partial charge in [-0.2, -0.15) is 0 Å². The first-order valence-corrected chi connectivity index (χ1v) is 12.1. The van der Waals surface area contributed by atoms with E-state index in [0.29, 0.717) is 26.2 Å².